The lowest BCUT2D eigenvalue weighted by Crippen LogP contribution is -2.31. The van der Waals surface area contributed by atoms with Gasteiger partial charge in [-0.1, -0.05) is 88.7 Å². The van der Waals surface area contributed by atoms with Crippen LogP contribution in [0.4, 0.5) is 0 Å². The van der Waals surface area contributed by atoms with Gasteiger partial charge in [-0.2, -0.15) is 0 Å². The second-order valence-electron chi connectivity index (χ2n) is 26.6. The van der Waals surface area contributed by atoms with Crippen molar-refractivity contribution in [3.63, 3.8) is 0 Å². The largest absolute Gasteiger partial charge is 0.489 e. The van der Waals surface area contributed by atoms with Crippen molar-refractivity contribution in [1.82, 2.24) is 0 Å². The van der Waals surface area contributed by atoms with E-state index in [-0.39, 0.29) is 104 Å². The zero-order chi connectivity index (χ0) is 71.6. The summed E-state index contributed by atoms with van der Waals surface area (Å²) in [4.78, 5) is 0. The summed E-state index contributed by atoms with van der Waals surface area (Å²) >= 11 is 3.52. The number of hydrogen-bond donors (Lipinski definition) is 0. The average molecular weight is 1450 g/mol. The molecule has 0 aliphatic heterocycles. The molecule has 0 aromatic heterocycles. The molecule has 17 atom stereocenters. The van der Waals surface area contributed by atoms with Crippen molar-refractivity contribution in [3.05, 3.63) is 108 Å². The molecule has 0 aliphatic carbocycles. The zero-order valence-electron chi connectivity index (χ0n) is 62.6. The van der Waals surface area contributed by atoms with E-state index in [9.17, 15) is 0 Å². The molecule has 4 rings (SSSR count). The molecular weight excluding hydrogens is 1320 g/mol. The van der Waals surface area contributed by atoms with E-state index in [4.69, 9.17) is 90.0 Å². The lowest BCUT2D eigenvalue weighted by molar-refractivity contribution is -0.116. The number of alkyl halides is 1. The molecule has 98 heavy (non-hydrogen) atoms. The molecule has 0 amide bonds. The molecule has 17 unspecified atom stereocenters. The summed E-state index contributed by atoms with van der Waals surface area (Å²) in [6.45, 7) is 42.0. The Morgan fingerprint density at radius 2 is 0.408 bits per heavy atom. The lowest BCUT2D eigenvalue weighted by atomic mass is 10.0. The zero-order valence-corrected chi connectivity index (χ0v) is 64.2. The third-order valence-electron chi connectivity index (χ3n) is 15.4. The van der Waals surface area contributed by atoms with E-state index in [2.05, 4.69) is 88.7 Å². The van der Waals surface area contributed by atoms with Gasteiger partial charge in [0.05, 0.1) is 210 Å². The molecule has 0 N–H and O–H groups in total. The van der Waals surface area contributed by atoms with Crippen LogP contribution in [0.15, 0.2) is 97.1 Å². The molecule has 19 nitrogen and oxygen atoms in total. The first kappa shape index (κ1) is 86.7. The van der Waals surface area contributed by atoms with Gasteiger partial charge >= 0.3 is 0 Å². The molecule has 0 aliphatic rings. The average Bonchev–Trinajstić information content (AvgIpc) is 0.862. The number of halogens is 1. The van der Waals surface area contributed by atoms with Gasteiger partial charge in [-0.15, -0.1) is 0 Å². The molecule has 4 aromatic rings. The Labute approximate surface area is 597 Å². The van der Waals surface area contributed by atoms with Crippen LogP contribution in [0.3, 0.4) is 0 Å². The summed E-state index contributed by atoms with van der Waals surface area (Å²) in [7, 11) is 1.66. The van der Waals surface area contributed by atoms with E-state index in [1.807, 2.05) is 142 Å². The van der Waals surface area contributed by atoms with E-state index >= 15 is 0 Å². The van der Waals surface area contributed by atoms with Gasteiger partial charge in [-0.05, 0) is 175 Å². The molecule has 4 aromatic carbocycles. The number of rotatable bonds is 58. The smallest absolute Gasteiger partial charge is 0.119 e. The maximum atomic E-state index is 6.18. The van der Waals surface area contributed by atoms with Crippen LogP contribution in [0.1, 0.15) is 129 Å². The quantitative estimate of drug-likeness (QED) is 0.0381. The fourth-order valence-corrected chi connectivity index (χ4v) is 9.66. The maximum absolute atomic E-state index is 6.18. The van der Waals surface area contributed by atoms with Gasteiger partial charge in [0.1, 0.15) is 24.2 Å². The van der Waals surface area contributed by atoms with E-state index < -0.39 is 0 Å². The Morgan fingerprint density at radius 3 is 0.622 bits per heavy atom. The van der Waals surface area contributed by atoms with Crippen molar-refractivity contribution in [1.29, 1.82) is 0 Å². The first-order valence-electron chi connectivity index (χ1n) is 35.5. The second-order valence-corrected chi connectivity index (χ2v) is 27.1. The molecular formula is C78H125BrO19. The third kappa shape index (κ3) is 40.2. The van der Waals surface area contributed by atoms with Crippen molar-refractivity contribution >= 4 is 15.9 Å². The van der Waals surface area contributed by atoms with Crippen molar-refractivity contribution < 1.29 is 90.0 Å². The molecule has 558 valence electrons. The van der Waals surface area contributed by atoms with Crippen LogP contribution in [0, 0.1) is 0 Å². The fraction of sp³-hybridized carbons (Fsp3) is 0.692. The minimum Gasteiger partial charge on any atom is -0.489 e. The predicted molar refractivity (Wildman–Crippen MR) is 389 cm³/mol. The van der Waals surface area contributed by atoms with Gasteiger partial charge in [-0.3, -0.25) is 0 Å². The van der Waals surface area contributed by atoms with Gasteiger partial charge in [0.15, 0.2) is 0 Å². The summed E-state index contributed by atoms with van der Waals surface area (Å²) in [6.07, 6.45) is -1.69. The topological polar surface area (TPSA) is 175 Å². The Hall–Kier alpha value is -3.72. The van der Waals surface area contributed by atoms with Crippen LogP contribution >= 0.6 is 15.9 Å². The lowest BCUT2D eigenvalue weighted by Gasteiger charge is -2.24. The van der Waals surface area contributed by atoms with Gasteiger partial charge in [-0.25, -0.2) is 0 Å². The molecule has 0 fully saturated rings. The van der Waals surface area contributed by atoms with Crippen LogP contribution in [0.2, 0.25) is 0 Å². The van der Waals surface area contributed by atoms with Gasteiger partial charge in [0, 0.05) is 12.4 Å². The molecule has 20 heteroatoms. The van der Waals surface area contributed by atoms with Crippen molar-refractivity contribution in [3.8, 4) is 33.8 Å². The van der Waals surface area contributed by atoms with Gasteiger partial charge in [0.2, 0.25) is 0 Å². The second kappa shape index (κ2) is 50.6. The molecule has 0 radical (unpaired) electrons. The summed E-state index contributed by atoms with van der Waals surface area (Å²) in [5, 5.41) is 0.855. The highest BCUT2D eigenvalue weighted by Gasteiger charge is 2.19. The fourth-order valence-electron chi connectivity index (χ4n) is 9.28. The van der Waals surface area contributed by atoms with Crippen LogP contribution in [0.25, 0.3) is 22.3 Å². The minimum absolute atomic E-state index is 0.0288. The third-order valence-corrected chi connectivity index (χ3v) is 16.1. The highest BCUT2D eigenvalue weighted by atomic mass is 79.9. The Balaban J connectivity index is 0.925. The minimum atomic E-state index is -0.148. The summed E-state index contributed by atoms with van der Waals surface area (Å²) < 4.78 is 113. The number of methoxy groups -OCH3 is 1. The van der Waals surface area contributed by atoms with Crippen LogP contribution < -0.4 is 9.47 Å². The van der Waals surface area contributed by atoms with Crippen LogP contribution in [0.5, 0.6) is 11.5 Å². The molecule has 0 saturated heterocycles. The van der Waals surface area contributed by atoms with Crippen molar-refractivity contribution in [2.75, 3.05) is 119 Å². The molecule has 0 saturated carbocycles. The number of ether oxygens (including phenoxy) is 19. The molecule has 0 spiro atoms. The summed E-state index contributed by atoms with van der Waals surface area (Å²) in [5.74, 6) is 1.61. The Kier molecular flexibility index (Phi) is 44.8. The van der Waals surface area contributed by atoms with Gasteiger partial charge in [0.25, 0.3) is 0 Å². The van der Waals surface area contributed by atoms with Crippen molar-refractivity contribution in [2.24, 2.45) is 0 Å². The molecule has 0 heterocycles. The monoisotopic (exact) mass is 1440 g/mol. The predicted octanol–water partition coefficient (Wildman–Crippen LogP) is 14.4. The number of hydrogen-bond acceptors (Lipinski definition) is 19. The highest BCUT2D eigenvalue weighted by molar-refractivity contribution is 9.08. The summed E-state index contributed by atoms with van der Waals surface area (Å²) in [6, 6.07) is 33.4. The van der Waals surface area contributed by atoms with Crippen molar-refractivity contribution in [2.45, 2.75) is 233 Å². The van der Waals surface area contributed by atoms with Crippen LogP contribution in [-0.2, 0) is 92.5 Å². The SMILES string of the molecule is COCC(C)OCC(C)OCC(C)OCC(C)OCC(C)OCC(C)OCC(C)OCC(C)OCC(C)OCC(C)OCC(C)OCC(C)OCC(C)OCC(C)OCC(C)OCC(C)OCC(C)Oc1ccc(-c2ccc(OCc3ccc(-c4ccc(CBr)cc4)cc3)cc2)cc1. The first-order valence-corrected chi connectivity index (χ1v) is 36.7. The normalized spacial score (nSPS) is 17.3. The Morgan fingerprint density at radius 1 is 0.224 bits per heavy atom. The number of benzene rings is 4. The van der Waals surface area contributed by atoms with E-state index in [0.29, 0.717) is 119 Å². The maximum Gasteiger partial charge on any atom is 0.119 e. The van der Waals surface area contributed by atoms with E-state index in [1.54, 1.807) is 7.11 Å². The van der Waals surface area contributed by atoms with Crippen LogP contribution in [-0.4, -0.2) is 223 Å². The Bertz CT molecular complexity index is 2570. The highest BCUT2D eigenvalue weighted by Crippen LogP contribution is 2.27. The first-order chi connectivity index (χ1) is 46.9. The molecule has 0 bridgehead atoms. The van der Waals surface area contributed by atoms with Gasteiger partial charge < -0.3 is 90.0 Å². The van der Waals surface area contributed by atoms with E-state index in [0.717, 1.165) is 33.5 Å². The van der Waals surface area contributed by atoms with E-state index in [1.165, 1.54) is 16.7 Å². The standard InChI is InChI=1S/C78H125BrO19/c1-54(36-80-18)81-37-55(2)82-38-56(3)83-39-57(4)84-40-58(5)85-41-59(6)86-42-60(7)87-43-61(8)88-44-62(9)89-45-63(10)90-46-64(11)91-47-65(12)92-48-66(13)93-49-67(14)94-50-68(15)95-51-69(16)96-52-70(17)98-78-33-29-76(30-34-78)75-27-31-77(32-28-75)97-53-72-21-25-74(26-22-72)73-23-19-71(35-79)20-24-73/h19-34,54-70H,35-53H2,1-18H3. The summed E-state index contributed by atoms with van der Waals surface area (Å²) in [5.41, 5.74) is 6.97.